The summed E-state index contributed by atoms with van der Waals surface area (Å²) in [6.45, 7) is 8.87. The zero-order valence-corrected chi connectivity index (χ0v) is 11.0. The molecule has 0 amide bonds. The Kier molecular flexibility index (Phi) is 4.81. The lowest BCUT2D eigenvalue weighted by atomic mass is 9.89. The minimum atomic E-state index is -0.968. The van der Waals surface area contributed by atoms with E-state index in [4.69, 9.17) is 9.57 Å². The van der Waals surface area contributed by atoms with Crippen molar-refractivity contribution in [2.45, 2.75) is 32.8 Å². The van der Waals surface area contributed by atoms with Gasteiger partial charge in [-0.15, -0.1) is 6.58 Å². The Labute approximate surface area is 107 Å². The molecule has 0 bridgehead atoms. The lowest BCUT2D eigenvalue weighted by molar-refractivity contribution is -0.148. The van der Waals surface area contributed by atoms with Crippen LogP contribution >= 0.6 is 0 Å². The Balaban J connectivity index is 3.01. The molecule has 1 aliphatic heterocycles. The van der Waals surface area contributed by atoms with Crippen molar-refractivity contribution in [1.29, 1.82) is 0 Å². The highest BCUT2D eigenvalue weighted by molar-refractivity contribution is 6.25. The van der Waals surface area contributed by atoms with E-state index >= 15 is 0 Å². The molecule has 1 N–H and O–H groups in total. The summed E-state index contributed by atoms with van der Waals surface area (Å²) < 4.78 is 5.22. The summed E-state index contributed by atoms with van der Waals surface area (Å²) in [5, 5.41) is 0. The quantitative estimate of drug-likeness (QED) is 0.263. The third-order valence-corrected chi connectivity index (χ3v) is 2.67. The average Bonchev–Trinajstić information content (AvgIpc) is 2.33. The van der Waals surface area contributed by atoms with Crippen molar-refractivity contribution >= 4 is 11.6 Å². The second-order valence-corrected chi connectivity index (χ2v) is 4.46. The van der Waals surface area contributed by atoms with Gasteiger partial charge in [0.05, 0.1) is 17.9 Å². The van der Waals surface area contributed by atoms with E-state index in [1.165, 1.54) is 0 Å². The fourth-order valence-electron chi connectivity index (χ4n) is 1.60. The molecular formula is C13H19NO4. The number of hydrogen-bond donors (Lipinski definition) is 1. The molecule has 5 heteroatoms. The van der Waals surface area contributed by atoms with Gasteiger partial charge < -0.3 is 4.74 Å². The number of allylic oxidation sites excluding steroid dienone is 1. The second-order valence-electron chi connectivity index (χ2n) is 4.46. The van der Waals surface area contributed by atoms with Gasteiger partial charge in [-0.2, -0.15) is 0 Å². The van der Waals surface area contributed by atoms with E-state index in [0.29, 0.717) is 18.7 Å². The van der Waals surface area contributed by atoms with Gasteiger partial charge in [-0.3, -0.25) is 19.9 Å². The molecular weight excluding hydrogens is 234 g/mol. The van der Waals surface area contributed by atoms with E-state index in [1.54, 1.807) is 19.9 Å². The minimum Gasteiger partial charge on any atom is -0.359 e. The Morgan fingerprint density at radius 2 is 2.22 bits per heavy atom. The van der Waals surface area contributed by atoms with Gasteiger partial charge in [-0.25, -0.2) is 0 Å². The average molecular weight is 253 g/mol. The van der Waals surface area contributed by atoms with Gasteiger partial charge in [0.25, 0.3) is 0 Å². The van der Waals surface area contributed by atoms with Gasteiger partial charge in [0.2, 0.25) is 0 Å². The number of hydroxylamine groups is 1. The molecule has 0 radical (unpaired) electrons. The first kappa shape index (κ1) is 14.6. The zero-order valence-electron chi connectivity index (χ0n) is 11.0. The number of carbonyl (C=O) groups is 2. The van der Waals surface area contributed by atoms with Crippen molar-refractivity contribution in [2.75, 3.05) is 13.2 Å². The standard InChI is InChI=1S/C13H19NO4/c1-5-7-18-14-9(6-2)11-10(15)8-17-13(3,4)12(11)16/h5,14H,1,6-8H2,2-4H3. The van der Waals surface area contributed by atoms with Crippen LogP contribution in [0.25, 0.3) is 0 Å². The van der Waals surface area contributed by atoms with Crippen LogP contribution in [0.3, 0.4) is 0 Å². The van der Waals surface area contributed by atoms with Crippen LogP contribution in [0.1, 0.15) is 27.2 Å². The third kappa shape index (κ3) is 3.05. The SMILES string of the molecule is C=CCONC(CC)=C1C(=O)COC(C)(C)C1=O. The Morgan fingerprint density at radius 3 is 2.78 bits per heavy atom. The molecule has 5 nitrogen and oxygen atoms in total. The van der Waals surface area contributed by atoms with Gasteiger partial charge in [-0.1, -0.05) is 13.0 Å². The van der Waals surface area contributed by atoms with Crippen LogP contribution in [-0.2, 0) is 19.2 Å². The summed E-state index contributed by atoms with van der Waals surface area (Å²) >= 11 is 0. The molecule has 0 aliphatic carbocycles. The maximum absolute atomic E-state index is 12.2. The predicted molar refractivity (Wildman–Crippen MR) is 66.6 cm³/mol. The normalized spacial score (nSPS) is 21.7. The van der Waals surface area contributed by atoms with Crippen LogP contribution in [-0.4, -0.2) is 30.4 Å². The van der Waals surface area contributed by atoms with Crippen LogP contribution < -0.4 is 5.48 Å². The maximum atomic E-state index is 12.2. The number of ketones is 2. The van der Waals surface area contributed by atoms with E-state index < -0.39 is 5.60 Å². The molecule has 0 spiro atoms. The van der Waals surface area contributed by atoms with Crippen LogP contribution in [0.4, 0.5) is 0 Å². The minimum absolute atomic E-state index is 0.0826. The van der Waals surface area contributed by atoms with E-state index in [-0.39, 0.29) is 23.7 Å². The molecule has 0 saturated carbocycles. The van der Waals surface area contributed by atoms with Crippen LogP contribution in [0, 0.1) is 0 Å². The third-order valence-electron chi connectivity index (χ3n) is 2.67. The van der Waals surface area contributed by atoms with Crippen molar-refractivity contribution in [3.8, 4) is 0 Å². The molecule has 1 aliphatic rings. The highest BCUT2D eigenvalue weighted by atomic mass is 16.6. The summed E-state index contributed by atoms with van der Waals surface area (Å²) in [5.74, 6) is -0.629. The van der Waals surface area contributed by atoms with Crippen LogP contribution in [0.2, 0.25) is 0 Å². The topological polar surface area (TPSA) is 64.6 Å². The maximum Gasteiger partial charge on any atom is 0.199 e. The van der Waals surface area contributed by atoms with Crippen LogP contribution in [0.5, 0.6) is 0 Å². The number of ether oxygens (including phenoxy) is 1. The first-order chi connectivity index (χ1) is 8.44. The molecule has 100 valence electrons. The summed E-state index contributed by atoms with van der Waals surface area (Å²) in [5.41, 5.74) is 2.32. The Hall–Kier alpha value is -1.46. The van der Waals surface area contributed by atoms with Crippen molar-refractivity contribution in [1.82, 2.24) is 5.48 Å². The lowest BCUT2D eigenvalue weighted by Crippen LogP contribution is -2.46. The molecule has 1 fully saturated rings. The van der Waals surface area contributed by atoms with Crippen LogP contribution in [0.15, 0.2) is 23.9 Å². The molecule has 18 heavy (non-hydrogen) atoms. The fourth-order valence-corrected chi connectivity index (χ4v) is 1.60. The van der Waals surface area contributed by atoms with E-state index in [0.717, 1.165) is 0 Å². The molecule has 0 unspecified atom stereocenters. The van der Waals surface area contributed by atoms with E-state index in [9.17, 15) is 9.59 Å². The van der Waals surface area contributed by atoms with Crippen molar-refractivity contribution in [3.05, 3.63) is 23.9 Å². The summed E-state index contributed by atoms with van der Waals surface area (Å²) in [6.07, 6.45) is 2.07. The smallest absolute Gasteiger partial charge is 0.199 e. The number of hydrogen-bond acceptors (Lipinski definition) is 5. The van der Waals surface area contributed by atoms with Gasteiger partial charge in [0, 0.05) is 0 Å². The molecule has 0 aromatic carbocycles. The van der Waals surface area contributed by atoms with Crippen molar-refractivity contribution in [3.63, 3.8) is 0 Å². The Morgan fingerprint density at radius 1 is 1.56 bits per heavy atom. The van der Waals surface area contributed by atoms with Crippen molar-refractivity contribution in [2.24, 2.45) is 0 Å². The van der Waals surface area contributed by atoms with Gasteiger partial charge in [-0.05, 0) is 20.3 Å². The van der Waals surface area contributed by atoms with Crippen molar-refractivity contribution < 1.29 is 19.2 Å². The Bertz CT molecular complexity index is 396. The number of rotatable bonds is 5. The molecule has 1 rings (SSSR count). The van der Waals surface area contributed by atoms with Gasteiger partial charge in [0.1, 0.15) is 12.2 Å². The first-order valence-electron chi connectivity index (χ1n) is 5.87. The molecule has 0 aromatic heterocycles. The highest BCUT2D eigenvalue weighted by Crippen LogP contribution is 2.25. The van der Waals surface area contributed by atoms with E-state index in [1.807, 2.05) is 6.92 Å². The highest BCUT2D eigenvalue weighted by Gasteiger charge is 2.40. The summed E-state index contributed by atoms with van der Waals surface area (Å²) in [7, 11) is 0. The number of Topliss-reactive ketones (excluding diaryl/α,β-unsaturated/α-hetero) is 2. The lowest BCUT2D eigenvalue weighted by Gasteiger charge is -2.30. The molecule has 0 aromatic rings. The molecule has 1 heterocycles. The summed E-state index contributed by atoms with van der Waals surface area (Å²) in [4.78, 5) is 29.1. The predicted octanol–water partition coefficient (Wildman–Crippen LogP) is 1.30. The second kappa shape index (κ2) is 5.93. The first-order valence-corrected chi connectivity index (χ1v) is 5.87. The summed E-state index contributed by atoms with van der Waals surface area (Å²) in [6, 6.07) is 0. The zero-order chi connectivity index (χ0) is 13.8. The molecule has 0 atom stereocenters. The number of nitrogens with one attached hydrogen (secondary N) is 1. The molecule has 1 saturated heterocycles. The van der Waals surface area contributed by atoms with Gasteiger partial charge >= 0.3 is 0 Å². The van der Waals surface area contributed by atoms with E-state index in [2.05, 4.69) is 12.1 Å². The number of carbonyl (C=O) groups excluding carboxylic acids is 2. The fraction of sp³-hybridized carbons (Fsp3) is 0.538. The van der Waals surface area contributed by atoms with Gasteiger partial charge in [0.15, 0.2) is 11.6 Å². The largest absolute Gasteiger partial charge is 0.359 e. The monoisotopic (exact) mass is 253 g/mol.